The second-order valence-corrected chi connectivity index (χ2v) is 6.32. The highest BCUT2D eigenvalue weighted by molar-refractivity contribution is 6.01. The number of esters is 1. The summed E-state index contributed by atoms with van der Waals surface area (Å²) in [6.45, 7) is 1.50. The molecule has 0 aliphatic heterocycles. The fourth-order valence-electron chi connectivity index (χ4n) is 2.82. The van der Waals surface area contributed by atoms with Gasteiger partial charge in [0, 0.05) is 35.7 Å². The molecule has 0 saturated heterocycles. The van der Waals surface area contributed by atoms with Crippen molar-refractivity contribution in [2.24, 2.45) is 0 Å². The molecule has 1 aromatic heterocycles. The van der Waals surface area contributed by atoms with Crippen molar-refractivity contribution >= 4 is 34.3 Å². The molecule has 1 N–H and O–H groups in total. The van der Waals surface area contributed by atoms with E-state index in [2.05, 4.69) is 5.32 Å². The van der Waals surface area contributed by atoms with Crippen molar-refractivity contribution in [1.29, 1.82) is 0 Å². The fourth-order valence-corrected chi connectivity index (χ4v) is 2.82. The first-order valence-corrected chi connectivity index (χ1v) is 9.13. The van der Waals surface area contributed by atoms with Gasteiger partial charge in [-0.05, 0) is 30.3 Å². The lowest BCUT2D eigenvalue weighted by Crippen LogP contribution is -2.15. The Kier molecular flexibility index (Phi) is 6.41. The van der Waals surface area contributed by atoms with Gasteiger partial charge in [-0.25, -0.2) is 4.79 Å². The van der Waals surface area contributed by atoms with E-state index in [1.165, 1.54) is 7.11 Å². The molecule has 0 unspecified atom stereocenters. The lowest BCUT2D eigenvalue weighted by Gasteiger charge is -2.06. The van der Waals surface area contributed by atoms with Gasteiger partial charge in [0.25, 0.3) is 0 Å². The number of Topliss-reactive ketones (excluding diaryl/α,β-unsaturated/α-hetero) is 1. The van der Waals surface area contributed by atoms with Crippen LogP contribution in [-0.4, -0.2) is 31.4 Å². The van der Waals surface area contributed by atoms with Gasteiger partial charge in [0.15, 0.2) is 12.4 Å². The Bertz CT molecular complexity index is 1040. The fraction of sp³-hybridized carbons (Fsp3) is 0.227. The number of amides is 1. The average molecular weight is 395 g/mol. The maximum Gasteiger partial charge on any atom is 0.375 e. The predicted octanol–water partition coefficient (Wildman–Crippen LogP) is 3.97. The van der Waals surface area contributed by atoms with Gasteiger partial charge in [0.1, 0.15) is 5.58 Å². The molecule has 0 atom stereocenters. The summed E-state index contributed by atoms with van der Waals surface area (Å²) in [5.41, 5.74) is 2.09. The summed E-state index contributed by atoms with van der Waals surface area (Å²) in [6.07, 6.45) is 0.365. The van der Waals surface area contributed by atoms with Crippen LogP contribution in [0.15, 0.2) is 52.9 Å². The Labute approximate surface area is 167 Å². The summed E-state index contributed by atoms with van der Waals surface area (Å²) in [6, 6.07) is 13.6. The Balaban J connectivity index is 1.67. The third kappa shape index (κ3) is 4.70. The van der Waals surface area contributed by atoms with Crippen LogP contribution in [-0.2, 0) is 20.9 Å². The minimum atomic E-state index is -0.728. The van der Waals surface area contributed by atoms with E-state index >= 15 is 0 Å². The molecule has 7 heteroatoms. The number of carbonyl (C=O) groups excluding carboxylic acids is 3. The first kappa shape index (κ1) is 20.3. The van der Waals surface area contributed by atoms with E-state index in [1.807, 2.05) is 12.1 Å². The zero-order valence-electron chi connectivity index (χ0n) is 16.2. The zero-order valence-corrected chi connectivity index (χ0v) is 16.2. The van der Waals surface area contributed by atoms with E-state index in [0.717, 1.165) is 5.39 Å². The van der Waals surface area contributed by atoms with E-state index in [-0.39, 0.29) is 24.1 Å². The Morgan fingerprint density at radius 1 is 1.03 bits per heavy atom. The molecular formula is C22H21NO6. The number of furan rings is 1. The zero-order chi connectivity index (χ0) is 20.8. The van der Waals surface area contributed by atoms with Gasteiger partial charge in [-0.1, -0.05) is 25.1 Å². The number of hydrogen-bond acceptors (Lipinski definition) is 6. The summed E-state index contributed by atoms with van der Waals surface area (Å²) in [7, 11) is 1.52. The van der Waals surface area contributed by atoms with Crippen molar-refractivity contribution in [3.8, 4) is 0 Å². The van der Waals surface area contributed by atoms with Crippen LogP contribution in [0.3, 0.4) is 0 Å². The highest BCUT2D eigenvalue weighted by atomic mass is 16.5. The SMILES string of the molecule is CCC(=O)Nc1ccc(C(=O)COC(=O)c2oc3ccccc3c2COC)cc1. The van der Waals surface area contributed by atoms with Crippen LogP contribution >= 0.6 is 0 Å². The van der Waals surface area contributed by atoms with Crippen molar-refractivity contribution in [2.75, 3.05) is 19.0 Å². The van der Waals surface area contributed by atoms with E-state index in [4.69, 9.17) is 13.9 Å². The second kappa shape index (κ2) is 9.16. The van der Waals surface area contributed by atoms with Crippen LogP contribution in [0.25, 0.3) is 11.0 Å². The molecule has 3 rings (SSSR count). The van der Waals surface area contributed by atoms with Crippen molar-refractivity contribution in [1.82, 2.24) is 0 Å². The highest BCUT2D eigenvalue weighted by Crippen LogP contribution is 2.27. The van der Waals surface area contributed by atoms with Gasteiger partial charge in [0.05, 0.1) is 6.61 Å². The highest BCUT2D eigenvalue weighted by Gasteiger charge is 2.22. The summed E-state index contributed by atoms with van der Waals surface area (Å²) in [5.74, 6) is -1.18. The molecule has 1 heterocycles. The summed E-state index contributed by atoms with van der Waals surface area (Å²) >= 11 is 0. The normalized spacial score (nSPS) is 10.7. The molecule has 0 aliphatic carbocycles. The van der Waals surface area contributed by atoms with Crippen LogP contribution in [0, 0.1) is 0 Å². The van der Waals surface area contributed by atoms with Gasteiger partial charge in [-0.2, -0.15) is 0 Å². The number of ether oxygens (including phenoxy) is 2. The Morgan fingerprint density at radius 2 is 1.76 bits per heavy atom. The molecule has 150 valence electrons. The van der Waals surface area contributed by atoms with Crippen LogP contribution in [0.5, 0.6) is 0 Å². The summed E-state index contributed by atoms with van der Waals surface area (Å²) in [5, 5.41) is 3.46. The molecule has 1 amide bonds. The number of nitrogens with one attached hydrogen (secondary N) is 1. The molecule has 0 fully saturated rings. The largest absolute Gasteiger partial charge is 0.451 e. The molecule has 7 nitrogen and oxygen atoms in total. The van der Waals surface area contributed by atoms with Gasteiger partial charge < -0.3 is 19.2 Å². The van der Waals surface area contributed by atoms with Gasteiger partial charge >= 0.3 is 5.97 Å². The third-order valence-electron chi connectivity index (χ3n) is 4.32. The van der Waals surface area contributed by atoms with E-state index < -0.39 is 12.6 Å². The standard InChI is InChI=1S/C22H21NO6/c1-3-20(25)23-15-10-8-14(9-11-15)18(24)13-28-22(26)21-17(12-27-2)16-6-4-5-7-19(16)29-21/h4-11H,3,12-13H2,1-2H3,(H,23,25). The summed E-state index contributed by atoms with van der Waals surface area (Å²) in [4.78, 5) is 36.2. The Hall–Kier alpha value is -3.45. The van der Waals surface area contributed by atoms with E-state index in [1.54, 1.807) is 43.3 Å². The monoisotopic (exact) mass is 395 g/mol. The van der Waals surface area contributed by atoms with Crippen LogP contribution in [0.1, 0.15) is 39.8 Å². The Morgan fingerprint density at radius 3 is 2.45 bits per heavy atom. The maximum atomic E-state index is 12.5. The molecule has 29 heavy (non-hydrogen) atoms. The average Bonchev–Trinajstić information content (AvgIpc) is 3.11. The van der Waals surface area contributed by atoms with Crippen LogP contribution in [0.2, 0.25) is 0 Å². The number of carbonyl (C=O) groups is 3. The van der Waals surface area contributed by atoms with E-state index in [9.17, 15) is 14.4 Å². The number of fused-ring (bicyclic) bond motifs is 1. The molecule has 0 saturated carbocycles. The number of anilines is 1. The lowest BCUT2D eigenvalue weighted by atomic mass is 10.1. The van der Waals surface area contributed by atoms with Gasteiger partial charge in [-0.3, -0.25) is 9.59 Å². The number of benzene rings is 2. The smallest absolute Gasteiger partial charge is 0.375 e. The quantitative estimate of drug-likeness (QED) is 0.458. The molecule has 2 aromatic carbocycles. The number of methoxy groups -OCH3 is 1. The molecule has 3 aromatic rings. The molecule has 0 radical (unpaired) electrons. The van der Waals surface area contributed by atoms with Crippen LogP contribution < -0.4 is 5.32 Å². The number of ketones is 1. The van der Waals surface area contributed by atoms with E-state index in [0.29, 0.717) is 28.8 Å². The topological polar surface area (TPSA) is 94.8 Å². The van der Waals surface area contributed by atoms with Crippen LogP contribution in [0.4, 0.5) is 5.69 Å². The van der Waals surface area contributed by atoms with Gasteiger partial charge in [0.2, 0.25) is 11.7 Å². The third-order valence-corrected chi connectivity index (χ3v) is 4.32. The lowest BCUT2D eigenvalue weighted by molar-refractivity contribution is -0.115. The van der Waals surface area contributed by atoms with Crippen molar-refractivity contribution < 1.29 is 28.3 Å². The molecule has 0 spiro atoms. The maximum absolute atomic E-state index is 12.5. The minimum Gasteiger partial charge on any atom is -0.451 e. The van der Waals surface area contributed by atoms with Crippen molar-refractivity contribution in [2.45, 2.75) is 20.0 Å². The first-order chi connectivity index (χ1) is 14.0. The van der Waals surface area contributed by atoms with Crippen molar-refractivity contribution in [3.05, 3.63) is 65.4 Å². The summed E-state index contributed by atoms with van der Waals surface area (Å²) < 4.78 is 15.9. The first-order valence-electron chi connectivity index (χ1n) is 9.13. The number of para-hydroxylation sites is 1. The van der Waals surface area contributed by atoms with Crippen molar-refractivity contribution in [3.63, 3.8) is 0 Å². The number of rotatable bonds is 8. The van der Waals surface area contributed by atoms with Gasteiger partial charge in [-0.15, -0.1) is 0 Å². The second-order valence-electron chi connectivity index (χ2n) is 6.32. The number of hydrogen-bond donors (Lipinski definition) is 1. The molecule has 0 aliphatic rings. The minimum absolute atomic E-state index is 0.0264. The molecule has 0 bridgehead atoms. The predicted molar refractivity (Wildman–Crippen MR) is 107 cm³/mol. The molecular weight excluding hydrogens is 374 g/mol.